The van der Waals surface area contributed by atoms with Crippen molar-refractivity contribution in [1.29, 1.82) is 0 Å². The van der Waals surface area contributed by atoms with Gasteiger partial charge in [0.25, 0.3) is 0 Å². The van der Waals surface area contributed by atoms with E-state index in [0.717, 1.165) is 12.1 Å². The Kier molecular flexibility index (Phi) is 4.73. The number of amides is 2. The molecule has 2 aliphatic heterocycles. The zero-order valence-electron chi connectivity index (χ0n) is 15.2. The number of para-hydroxylation sites is 2. The van der Waals surface area contributed by atoms with Gasteiger partial charge in [0.05, 0.1) is 18.7 Å². The fraction of sp³-hybridized carbons (Fsp3) is 0.579. The molecule has 25 heavy (non-hydrogen) atoms. The monoisotopic (exact) mass is 345 g/mol. The van der Waals surface area contributed by atoms with Crippen LogP contribution >= 0.6 is 0 Å². The van der Waals surface area contributed by atoms with Gasteiger partial charge in [-0.2, -0.15) is 0 Å². The van der Waals surface area contributed by atoms with Crippen LogP contribution in [0.4, 0.5) is 5.69 Å². The SMILES string of the molecule is COc1ccccc1N1CC(C(=O)N2CCC(N)C(C)(C)C2)CC1=O. The second kappa shape index (κ2) is 6.67. The van der Waals surface area contributed by atoms with Crippen LogP contribution in [0.2, 0.25) is 0 Å². The Labute approximate surface area is 148 Å². The largest absolute Gasteiger partial charge is 0.495 e. The average Bonchev–Trinajstić information content (AvgIpc) is 2.98. The summed E-state index contributed by atoms with van der Waals surface area (Å²) in [6.07, 6.45) is 1.05. The van der Waals surface area contributed by atoms with E-state index in [1.807, 2.05) is 29.2 Å². The molecule has 2 atom stereocenters. The number of nitrogens with two attached hydrogens (primary N) is 1. The predicted molar refractivity (Wildman–Crippen MR) is 96.4 cm³/mol. The molecular formula is C19H27N3O3. The van der Waals surface area contributed by atoms with Gasteiger partial charge in [-0.15, -0.1) is 0 Å². The molecule has 0 radical (unpaired) electrons. The van der Waals surface area contributed by atoms with Crippen molar-refractivity contribution in [3.05, 3.63) is 24.3 Å². The fourth-order valence-corrected chi connectivity index (χ4v) is 3.78. The Morgan fingerprint density at radius 3 is 2.72 bits per heavy atom. The highest BCUT2D eigenvalue weighted by Gasteiger charge is 2.41. The number of piperidine rings is 1. The van der Waals surface area contributed by atoms with Crippen LogP contribution in [0.1, 0.15) is 26.7 Å². The molecule has 2 amide bonds. The average molecular weight is 345 g/mol. The number of carbonyl (C=O) groups is 2. The number of hydrogen-bond donors (Lipinski definition) is 1. The zero-order valence-corrected chi connectivity index (χ0v) is 15.2. The third-order valence-corrected chi connectivity index (χ3v) is 5.47. The van der Waals surface area contributed by atoms with Gasteiger partial charge in [-0.25, -0.2) is 0 Å². The first-order valence-electron chi connectivity index (χ1n) is 8.81. The summed E-state index contributed by atoms with van der Waals surface area (Å²) in [4.78, 5) is 29.0. The van der Waals surface area contributed by atoms with Crippen molar-refractivity contribution in [3.8, 4) is 5.75 Å². The summed E-state index contributed by atoms with van der Waals surface area (Å²) in [5.41, 5.74) is 6.80. The molecule has 2 N–H and O–H groups in total. The molecule has 2 aliphatic rings. The highest BCUT2D eigenvalue weighted by atomic mass is 16.5. The number of hydrogen-bond acceptors (Lipinski definition) is 4. The van der Waals surface area contributed by atoms with Crippen LogP contribution in [0.5, 0.6) is 5.75 Å². The van der Waals surface area contributed by atoms with E-state index in [0.29, 0.717) is 25.4 Å². The van der Waals surface area contributed by atoms with Crippen LogP contribution in [0.25, 0.3) is 0 Å². The van der Waals surface area contributed by atoms with Crippen molar-refractivity contribution < 1.29 is 14.3 Å². The van der Waals surface area contributed by atoms with Crippen molar-refractivity contribution in [3.63, 3.8) is 0 Å². The Bertz CT molecular complexity index is 674. The summed E-state index contributed by atoms with van der Waals surface area (Å²) in [6, 6.07) is 7.52. The molecule has 2 fully saturated rings. The first kappa shape index (κ1) is 17.7. The summed E-state index contributed by atoms with van der Waals surface area (Å²) >= 11 is 0. The molecule has 0 aromatic heterocycles. The first-order chi connectivity index (χ1) is 11.8. The number of rotatable bonds is 3. The molecule has 1 aromatic carbocycles. The number of benzene rings is 1. The van der Waals surface area contributed by atoms with Crippen LogP contribution in [-0.4, -0.2) is 49.5 Å². The number of likely N-dealkylation sites (tertiary alicyclic amines) is 1. The molecule has 2 unspecified atom stereocenters. The van der Waals surface area contributed by atoms with E-state index in [9.17, 15) is 9.59 Å². The van der Waals surface area contributed by atoms with E-state index in [2.05, 4.69) is 13.8 Å². The molecule has 0 aliphatic carbocycles. The summed E-state index contributed by atoms with van der Waals surface area (Å²) in [7, 11) is 1.58. The molecule has 0 saturated carbocycles. The predicted octanol–water partition coefficient (Wildman–Crippen LogP) is 1.63. The Hall–Kier alpha value is -2.08. The van der Waals surface area contributed by atoms with E-state index < -0.39 is 0 Å². The van der Waals surface area contributed by atoms with E-state index in [1.165, 1.54) is 0 Å². The van der Waals surface area contributed by atoms with Gasteiger partial charge in [-0.1, -0.05) is 26.0 Å². The third-order valence-electron chi connectivity index (χ3n) is 5.47. The van der Waals surface area contributed by atoms with Gasteiger partial charge in [0.1, 0.15) is 5.75 Å². The van der Waals surface area contributed by atoms with Gasteiger partial charge in [0.2, 0.25) is 11.8 Å². The minimum atomic E-state index is -0.303. The Morgan fingerprint density at radius 1 is 1.32 bits per heavy atom. The normalized spacial score (nSPS) is 26.0. The van der Waals surface area contributed by atoms with Gasteiger partial charge >= 0.3 is 0 Å². The van der Waals surface area contributed by atoms with E-state index in [4.69, 9.17) is 10.5 Å². The number of ether oxygens (including phenoxy) is 1. The van der Waals surface area contributed by atoms with Gasteiger partial charge in [0.15, 0.2) is 0 Å². The fourth-order valence-electron chi connectivity index (χ4n) is 3.78. The minimum absolute atomic E-state index is 0.0316. The van der Waals surface area contributed by atoms with Crippen molar-refractivity contribution >= 4 is 17.5 Å². The first-order valence-corrected chi connectivity index (χ1v) is 8.81. The number of methoxy groups -OCH3 is 1. The summed E-state index contributed by atoms with van der Waals surface area (Å²) in [6.45, 7) is 5.91. The summed E-state index contributed by atoms with van der Waals surface area (Å²) in [5, 5.41) is 0. The molecule has 6 heteroatoms. The number of nitrogens with zero attached hydrogens (tertiary/aromatic N) is 2. The van der Waals surface area contributed by atoms with Crippen molar-refractivity contribution in [1.82, 2.24) is 4.90 Å². The molecule has 2 heterocycles. The summed E-state index contributed by atoms with van der Waals surface area (Å²) < 4.78 is 5.35. The standard InChI is InChI=1S/C19H27N3O3/c1-19(2)12-21(9-8-16(19)20)18(24)13-10-17(23)22(11-13)14-6-4-5-7-15(14)25-3/h4-7,13,16H,8-12,20H2,1-3H3. The van der Waals surface area contributed by atoms with Crippen LogP contribution in [0.3, 0.4) is 0 Å². The zero-order chi connectivity index (χ0) is 18.2. The lowest BCUT2D eigenvalue weighted by atomic mass is 9.79. The molecular weight excluding hydrogens is 318 g/mol. The number of anilines is 1. The molecule has 2 saturated heterocycles. The molecule has 1 aromatic rings. The van der Waals surface area contributed by atoms with E-state index >= 15 is 0 Å². The van der Waals surface area contributed by atoms with Crippen LogP contribution in [-0.2, 0) is 9.59 Å². The maximum atomic E-state index is 12.9. The summed E-state index contributed by atoms with van der Waals surface area (Å²) in [5.74, 6) is 0.373. The second-order valence-electron chi connectivity index (χ2n) is 7.72. The van der Waals surface area contributed by atoms with Crippen molar-refractivity contribution in [2.45, 2.75) is 32.7 Å². The lowest BCUT2D eigenvalue weighted by Gasteiger charge is -2.43. The van der Waals surface area contributed by atoms with Gasteiger partial charge in [-0.3, -0.25) is 9.59 Å². The van der Waals surface area contributed by atoms with Crippen molar-refractivity contribution in [2.75, 3.05) is 31.6 Å². The van der Waals surface area contributed by atoms with Crippen LogP contribution < -0.4 is 15.4 Å². The lowest BCUT2D eigenvalue weighted by Crippen LogP contribution is -2.55. The highest BCUT2D eigenvalue weighted by molar-refractivity contribution is 6.01. The molecule has 136 valence electrons. The second-order valence-corrected chi connectivity index (χ2v) is 7.72. The van der Waals surface area contributed by atoms with Crippen LogP contribution in [0.15, 0.2) is 24.3 Å². The molecule has 0 spiro atoms. The van der Waals surface area contributed by atoms with Gasteiger partial charge in [0, 0.05) is 32.1 Å². The maximum Gasteiger partial charge on any atom is 0.228 e. The van der Waals surface area contributed by atoms with Crippen molar-refractivity contribution in [2.24, 2.45) is 17.1 Å². The highest BCUT2D eigenvalue weighted by Crippen LogP contribution is 2.34. The molecule has 0 bridgehead atoms. The smallest absolute Gasteiger partial charge is 0.228 e. The quantitative estimate of drug-likeness (QED) is 0.903. The van der Waals surface area contributed by atoms with E-state index in [-0.39, 0.29) is 35.6 Å². The lowest BCUT2D eigenvalue weighted by molar-refractivity contribution is -0.139. The molecule has 3 rings (SSSR count). The van der Waals surface area contributed by atoms with E-state index in [1.54, 1.807) is 12.0 Å². The molecule has 6 nitrogen and oxygen atoms in total. The minimum Gasteiger partial charge on any atom is -0.495 e. The maximum absolute atomic E-state index is 12.9. The Balaban J connectivity index is 1.73. The Morgan fingerprint density at radius 2 is 2.04 bits per heavy atom. The van der Waals surface area contributed by atoms with Gasteiger partial charge < -0.3 is 20.3 Å². The van der Waals surface area contributed by atoms with Crippen LogP contribution in [0, 0.1) is 11.3 Å². The van der Waals surface area contributed by atoms with Gasteiger partial charge in [-0.05, 0) is 24.0 Å². The topological polar surface area (TPSA) is 75.9 Å². The number of carbonyl (C=O) groups excluding carboxylic acids is 2. The third kappa shape index (κ3) is 3.35.